The molecule has 1 aromatic rings. The largest absolute Gasteiger partial charge is 0.504 e. The molecule has 13 heavy (non-hydrogen) atoms. The van der Waals surface area contributed by atoms with Gasteiger partial charge in [0.25, 0.3) is 0 Å². The fraction of sp³-hybridized carbons (Fsp3) is 0.250. The summed E-state index contributed by atoms with van der Waals surface area (Å²) in [6.45, 7) is 4.00. The summed E-state index contributed by atoms with van der Waals surface area (Å²) in [6, 6.07) is 1.51. The number of phenolic OH excluding ortho intramolecular Hbond substituents is 1. The highest BCUT2D eigenvalue weighted by Gasteiger charge is 2.11. The van der Waals surface area contributed by atoms with Crippen LogP contribution in [0.3, 0.4) is 0 Å². The Labute approximate surface area is 99.0 Å². The van der Waals surface area contributed by atoms with E-state index >= 15 is 0 Å². The molecule has 0 atom stereocenters. The van der Waals surface area contributed by atoms with Gasteiger partial charge in [-0.15, -0.1) is 12.6 Å². The van der Waals surface area contributed by atoms with E-state index in [0.29, 0.717) is 4.47 Å². The van der Waals surface area contributed by atoms with Crippen molar-refractivity contribution in [3.63, 3.8) is 0 Å². The average molecular weight is 332 g/mol. The van der Waals surface area contributed by atoms with Gasteiger partial charge in [-0.05, 0) is 37.9 Å². The topological polar surface area (TPSA) is 20.2 Å². The standard InChI is InChI=1S/C6H3Br2FOS.C2H6/c7-2-1-3(11)6(10)5(9)4(2)8;1-2/h1,10-11H;1-2H3. The van der Waals surface area contributed by atoms with Gasteiger partial charge in [-0.3, -0.25) is 0 Å². The first kappa shape index (κ1) is 13.3. The first-order chi connectivity index (χ1) is 6.04. The summed E-state index contributed by atoms with van der Waals surface area (Å²) >= 11 is 9.88. The molecule has 0 aromatic heterocycles. The SMILES string of the molecule is CC.Oc1c(S)cc(Br)c(Br)c1F. The second-order valence-electron chi connectivity index (χ2n) is 1.85. The van der Waals surface area contributed by atoms with Gasteiger partial charge in [0.2, 0.25) is 0 Å². The number of aromatic hydroxyl groups is 1. The van der Waals surface area contributed by atoms with Gasteiger partial charge in [-0.2, -0.15) is 0 Å². The van der Waals surface area contributed by atoms with E-state index in [9.17, 15) is 4.39 Å². The zero-order chi connectivity index (χ0) is 10.6. The second kappa shape index (κ2) is 5.88. The third-order valence-electron chi connectivity index (χ3n) is 1.12. The maximum Gasteiger partial charge on any atom is 0.181 e. The van der Waals surface area contributed by atoms with Crippen LogP contribution in [0.4, 0.5) is 4.39 Å². The molecule has 0 aliphatic heterocycles. The molecule has 0 unspecified atom stereocenters. The van der Waals surface area contributed by atoms with E-state index in [1.807, 2.05) is 13.8 Å². The normalized spacial score (nSPS) is 9.08. The molecular weight excluding hydrogens is 323 g/mol. The lowest BCUT2D eigenvalue weighted by Crippen LogP contribution is -1.82. The first-order valence-corrected chi connectivity index (χ1v) is 5.62. The Kier molecular flexibility index (Phi) is 6.00. The molecule has 1 rings (SSSR count). The highest BCUT2D eigenvalue weighted by molar-refractivity contribution is 9.13. The van der Waals surface area contributed by atoms with Crippen LogP contribution >= 0.6 is 44.5 Å². The van der Waals surface area contributed by atoms with Gasteiger partial charge in [0.15, 0.2) is 11.6 Å². The van der Waals surface area contributed by atoms with Crippen molar-refractivity contribution in [1.82, 2.24) is 0 Å². The second-order valence-corrected chi connectivity index (χ2v) is 3.98. The van der Waals surface area contributed by atoms with Crippen LogP contribution in [0, 0.1) is 5.82 Å². The molecule has 0 aliphatic rings. The molecule has 5 heteroatoms. The van der Waals surface area contributed by atoms with Crippen LogP contribution < -0.4 is 0 Å². The molecule has 0 heterocycles. The number of thiol groups is 1. The minimum absolute atomic E-state index is 0.202. The number of rotatable bonds is 0. The van der Waals surface area contributed by atoms with Crippen LogP contribution in [0.25, 0.3) is 0 Å². The number of phenols is 1. The maximum absolute atomic E-state index is 12.9. The van der Waals surface area contributed by atoms with Crippen molar-refractivity contribution in [2.75, 3.05) is 0 Å². The molecule has 0 radical (unpaired) electrons. The highest BCUT2D eigenvalue weighted by Crippen LogP contribution is 2.36. The van der Waals surface area contributed by atoms with E-state index in [2.05, 4.69) is 44.5 Å². The van der Waals surface area contributed by atoms with Gasteiger partial charge >= 0.3 is 0 Å². The van der Waals surface area contributed by atoms with E-state index in [0.717, 1.165) is 0 Å². The van der Waals surface area contributed by atoms with Crippen LogP contribution in [-0.4, -0.2) is 5.11 Å². The monoisotopic (exact) mass is 330 g/mol. The summed E-state index contributed by atoms with van der Waals surface area (Å²) in [5.74, 6) is -1.15. The molecule has 0 saturated carbocycles. The molecule has 1 N–H and O–H groups in total. The summed E-state index contributed by atoms with van der Waals surface area (Å²) in [6.07, 6.45) is 0. The molecular formula is C8H9Br2FOS. The van der Waals surface area contributed by atoms with Gasteiger partial charge in [0.05, 0.1) is 9.37 Å². The van der Waals surface area contributed by atoms with E-state index < -0.39 is 11.6 Å². The van der Waals surface area contributed by atoms with E-state index in [-0.39, 0.29) is 9.37 Å². The fourth-order valence-corrected chi connectivity index (χ4v) is 1.68. The van der Waals surface area contributed by atoms with E-state index in [1.54, 1.807) is 0 Å². The Morgan fingerprint density at radius 2 is 1.85 bits per heavy atom. The van der Waals surface area contributed by atoms with Crippen molar-refractivity contribution < 1.29 is 9.50 Å². The van der Waals surface area contributed by atoms with Crippen molar-refractivity contribution in [3.05, 3.63) is 20.8 Å². The number of hydrogen-bond donors (Lipinski definition) is 2. The zero-order valence-corrected chi connectivity index (χ0v) is 11.2. The van der Waals surface area contributed by atoms with E-state index in [4.69, 9.17) is 5.11 Å². The molecule has 0 spiro atoms. The Morgan fingerprint density at radius 1 is 1.38 bits per heavy atom. The fourth-order valence-electron chi connectivity index (χ4n) is 0.573. The van der Waals surface area contributed by atoms with Crippen LogP contribution in [0.1, 0.15) is 13.8 Å². The Balaban J connectivity index is 0.000000671. The Hall–Kier alpha value is 0.260. The van der Waals surface area contributed by atoms with Crippen molar-refractivity contribution in [2.24, 2.45) is 0 Å². The first-order valence-electron chi connectivity index (χ1n) is 3.59. The van der Waals surface area contributed by atoms with Crippen molar-refractivity contribution >= 4 is 44.5 Å². The summed E-state index contributed by atoms with van der Waals surface area (Å²) in [5.41, 5.74) is 0. The summed E-state index contributed by atoms with van der Waals surface area (Å²) in [5, 5.41) is 9.01. The molecule has 1 aromatic carbocycles. The van der Waals surface area contributed by atoms with Crippen LogP contribution in [0.5, 0.6) is 5.75 Å². The van der Waals surface area contributed by atoms with Gasteiger partial charge in [0.1, 0.15) is 0 Å². The minimum Gasteiger partial charge on any atom is -0.504 e. The lowest BCUT2D eigenvalue weighted by molar-refractivity contribution is 0.418. The zero-order valence-electron chi connectivity index (χ0n) is 7.11. The summed E-state index contributed by atoms with van der Waals surface area (Å²) in [4.78, 5) is 0.206. The highest BCUT2D eigenvalue weighted by atomic mass is 79.9. The van der Waals surface area contributed by atoms with Gasteiger partial charge < -0.3 is 5.11 Å². The third-order valence-corrected chi connectivity index (χ3v) is 3.39. The smallest absolute Gasteiger partial charge is 0.181 e. The molecule has 1 nitrogen and oxygen atoms in total. The predicted octanol–water partition coefficient (Wildman–Crippen LogP) is 4.37. The molecule has 0 amide bonds. The molecule has 0 aliphatic carbocycles. The average Bonchev–Trinajstić information content (AvgIpc) is 2.15. The van der Waals surface area contributed by atoms with Gasteiger partial charge in [-0.25, -0.2) is 4.39 Å². The third kappa shape index (κ3) is 3.14. The quantitative estimate of drug-likeness (QED) is 0.534. The number of halogens is 3. The van der Waals surface area contributed by atoms with Crippen LogP contribution in [0.15, 0.2) is 19.9 Å². The van der Waals surface area contributed by atoms with Crippen LogP contribution in [-0.2, 0) is 0 Å². The molecule has 74 valence electrons. The number of hydrogen-bond acceptors (Lipinski definition) is 2. The molecule has 0 bridgehead atoms. The number of benzene rings is 1. The summed E-state index contributed by atoms with van der Waals surface area (Å²) < 4.78 is 13.6. The van der Waals surface area contributed by atoms with Crippen molar-refractivity contribution in [3.8, 4) is 5.75 Å². The van der Waals surface area contributed by atoms with Gasteiger partial charge in [-0.1, -0.05) is 13.8 Å². The van der Waals surface area contributed by atoms with Crippen LogP contribution in [0.2, 0.25) is 0 Å². The lowest BCUT2D eigenvalue weighted by atomic mass is 10.3. The predicted molar refractivity (Wildman–Crippen MR) is 62.1 cm³/mol. The lowest BCUT2D eigenvalue weighted by Gasteiger charge is -2.02. The molecule has 0 saturated heterocycles. The van der Waals surface area contributed by atoms with Crippen molar-refractivity contribution in [1.29, 1.82) is 0 Å². The maximum atomic E-state index is 12.9. The molecule has 0 fully saturated rings. The summed E-state index contributed by atoms with van der Waals surface area (Å²) in [7, 11) is 0. The van der Waals surface area contributed by atoms with E-state index in [1.165, 1.54) is 6.07 Å². The Morgan fingerprint density at radius 3 is 2.31 bits per heavy atom. The minimum atomic E-state index is -0.704. The Bertz CT molecular complexity index is 278. The van der Waals surface area contributed by atoms with Gasteiger partial charge in [0, 0.05) is 4.47 Å². The van der Waals surface area contributed by atoms with Crippen molar-refractivity contribution in [2.45, 2.75) is 18.7 Å².